The van der Waals surface area contributed by atoms with Crippen molar-refractivity contribution in [1.29, 1.82) is 0 Å². The molecule has 0 saturated heterocycles. The molecule has 0 aliphatic heterocycles. The Hall–Kier alpha value is -0.400. The maximum atomic E-state index is 6.18. The van der Waals surface area contributed by atoms with E-state index in [1.807, 2.05) is 25.2 Å². The van der Waals surface area contributed by atoms with Crippen LogP contribution in [0.2, 0.25) is 5.02 Å². The predicted molar refractivity (Wildman–Crippen MR) is 101 cm³/mol. The number of nitrogens with one attached hydrogen (secondary N) is 1. The van der Waals surface area contributed by atoms with Crippen molar-refractivity contribution < 1.29 is 0 Å². The number of halogens is 3. The molecule has 0 amide bonds. The van der Waals surface area contributed by atoms with Gasteiger partial charge in [0.25, 0.3) is 0 Å². The predicted octanol–water partition coefficient (Wildman–Crippen LogP) is 5.50. The molecule has 0 saturated carbocycles. The molecule has 0 fully saturated rings. The molecule has 112 valence electrons. The Morgan fingerprint density at radius 1 is 1.24 bits per heavy atom. The Morgan fingerprint density at radius 2 is 1.90 bits per heavy atom. The number of benzene rings is 1. The second-order valence-corrected chi connectivity index (χ2v) is 8.03. The Morgan fingerprint density at radius 3 is 2.43 bits per heavy atom. The van der Waals surface area contributed by atoms with Crippen LogP contribution < -0.4 is 5.32 Å². The van der Waals surface area contributed by atoms with Crippen LogP contribution in [0.3, 0.4) is 0 Å². The van der Waals surface area contributed by atoms with Crippen LogP contribution in [-0.4, -0.2) is 17.0 Å². The standard InChI is InChI=1S/C15H16BrClIN3/c1-15(2,3)12-11(18)14(19-4)21-13(20-12)8-5-6-9(16)10(17)7-8/h5-7H,1-4H3,(H,19,20,21). The van der Waals surface area contributed by atoms with Crippen LogP contribution in [0.25, 0.3) is 11.4 Å². The van der Waals surface area contributed by atoms with E-state index in [0.717, 1.165) is 25.1 Å². The first-order chi connectivity index (χ1) is 9.74. The second-order valence-electron chi connectivity index (χ2n) is 5.69. The minimum atomic E-state index is -0.0566. The largest absolute Gasteiger partial charge is 0.372 e. The van der Waals surface area contributed by atoms with Crippen LogP contribution in [0.15, 0.2) is 22.7 Å². The average Bonchev–Trinajstić information content (AvgIpc) is 2.41. The lowest BCUT2D eigenvalue weighted by atomic mass is 9.91. The molecule has 0 radical (unpaired) electrons. The van der Waals surface area contributed by atoms with Crippen molar-refractivity contribution in [3.05, 3.63) is 37.0 Å². The van der Waals surface area contributed by atoms with E-state index < -0.39 is 0 Å². The van der Waals surface area contributed by atoms with E-state index in [4.69, 9.17) is 16.6 Å². The second kappa shape index (κ2) is 6.38. The van der Waals surface area contributed by atoms with Gasteiger partial charge in [0.05, 0.1) is 14.3 Å². The molecule has 0 aliphatic rings. The molecular formula is C15H16BrClIN3. The normalized spacial score (nSPS) is 11.6. The molecule has 0 bridgehead atoms. The quantitative estimate of drug-likeness (QED) is 0.577. The Kier molecular flexibility index (Phi) is 5.15. The van der Waals surface area contributed by atoms with Gasteiger partial charge in [-0.25, -0.2) is 9.97 Å². The van der Waals surface area contributed by atoms with Crippen LogP contribution in [0, 0.1) is 3.57 Å². The number of nitrogens with zero attached hydrogens (tertiary/aromatic N) is 2. The Balaban J connectivity index is 2.66. The van der Waals surface area contributed by atoms with Gasteiger partial charge in [0, 0.05) is 22.5 Å². The fourth-order valence-electron chi connectivity index (χ4n) is 1.87. The summed E-state index contributed by atoms with van der Waals surface area (Å²) >= 11 is 11.9. The summed E-state index contributed by atoms with van der Waals surface area (Å²) in [7, 11) is 1.87. The molecule has 1 N–H and O–H groups in total. The molecular weight excluding hydrogens is 464 g/mol. The zero-order chi connectivity index (χ0) is 15.8. The van der Waals surface area contributed by atoms with Gasteiger partial charge in [-0.1, -0.05) is 32.4 Å². The first kappa shape index (κ1) is 17.0. The number of rotatable bonds is 2. The van der Waals surface area contributed by atoms with E-state index in [1.54, 1.807) is 0 Å². The van der Waals surface area contributed by atoms with Gasteiger partial charge in [-0.15, -0.1) is 0 Å². The van der Waals surface area contributed by atoms with Crippen molar-refractivity contribution >= 4 is 55.9 Å². The number of anilines is 1. The lowest BCUT2D eigenvalue weighted by Gasteiger charge is -2.21. The smallest absolute Gasteiger partial charge is 0.161 e. The highest BCUT2D eigenvalue weighted by atomic mass is 127. The van der Waals surface area contributed by atoms with Crippen molar-refractivity contribution in [3.63, 3.8) is 0 Å². The maximum absolute atomic E-state index is 6.18. The highest BCUT2D eigenvalue weighted by Gasteiger charge is 2.23. The molecule has 0 atom stereocenters. The van der Waals surface area contributed by atoms with Crippen LogP contribution in [-0.2, 0) is 5.41 Å². The summed E-state index contributed by atoms with van der Waals surface area (Å²) in [6.07, 6.45) is 0. The fourth-order valence-corrected chi connectivity index (χ4v) is 3.62. The molecule has 0 unspecified atom stereocenters. The third-order valence-corrected chi connectivity index (χ3v) is 5.23. The summed E-state index contributed by atoms with van der Waals surface area (Å²) in [5, 5.41) is 3.79. The molecule has 2 aromatic rings. The molecule has 0 aliphatic carbocycles. The summed E-state index contributed by atoms with van der Waals surface area (Å²) in [5.74, 6) is 1.52. The van der Waals surface area contributed by atoms with E-state index in [9.17, 15) is 0 Å². The van der Waals surface area contributed by atoms with Crippen molar-refractivity contribution in [2.45, 2.75) is 26.2 Å². The Labute approximate surface area is 152 Å². The van der Waals surface area contributed by atoms with Crippen LogP contribution in [0.5, 0.6) is 0 Å². The van der Waals surface area contributed by atoms with Crippen molar-refractivity contribution in [2.75, 3.05) is 12.4 Å². The number of hydrogen-bond donors (Lipinski definition) is 1. The molecule has 1 heterocycles. The third kappa shape index (κ3) is 3.68. The summed E-state index contributed by atoms with van der Waals surface area (Å²) in [4.78, 5) is 9.36. The molecule has 6 heteroatoms. The van der Waals surface area contributed by atoms with Crippen molar-refractivity contribution in [1.82, 2.24) is 9.97 Å². The molecule has 21 heavy (non-hydrogen) atoms. The average molecular weight is 481 g/mol. The van der Waals surface area contributed by atoms with Gasteiger partial charge in [0.15, 0.2) is 5.82 Å². The first-order valence-electron chi connectivity index (χ1n) is 6.45. The summed E-state index contributed by atoms with van der Waals surface area (Å²) in [5.41, 5.74) is 1.87. The minimum absolute atomic E-state index is 0.0566. The topological polar surface area (TPSA) is 37.8 Å². The Bertz CT molecular complexity index is 683. The zero-order valence-electron chi connectivity index (χ0n) is 12.3. The lowest BCUT2D eigenvalue weighted by molar-refractivity contribution is 0.564. The van der Waals surface area contributed by atoms with E-state index in [2.05, 4.69) is 69.6 Å². The fraction of sp³-hybridized carbons (Fsp3) is 0.333. The molecule has 2 rings (SSSR count). The van der Waals surface area contributed by atoms with Gasteiger partial charge < -0.3 is 5.32 Å². The zero-order valence-corrected chi connectivity index (χ0v) is 16.8. The third-order valence-electron chi connectivity index (χ3n) is 2.98. The van der Waals surface area contributed by atoms with Crippen LogP contribution >= 0.6 is 50.1 Å². The highest BCUT2D eigenvalue weighted by molar-refractivity contribution is 14.1. The van der Waals surface area contributed by atoms with E-state index >= 15 is 0 Å². The summed E-state index contributed by atoms with van der Waals surface area (Å²) in [6.45, 7) is 6.44. The van der Waals surface area contributed by atoms with Gasteiger partial charge in [-0.05, 0) is 56.7 Å². The SMILES string of the molecule is CNc1nc(-c2ccc(Br)c(Cl)c2)nc(C(C)(C)C)c1I. The van der Waals surface area contributed by atoms with E-state index in [1.165, 1.54) is 0 Å². The maximum Gasteiger partial charge on any atom is 0.161 e. The monoisotopic (exact) mass is 479 g/mol. The van der Waals surface area contributed by atoms with E-state index in [0.29, 0.717) is 10.8 Å². The number of hydrogen-bond acceptors (Lipinski definition) is 3. The van der Waals surface area contributed by atoms with Crippen LogP contribution in [0.1, 0.15) is 26.5 Å². The molecule has 1 aromatic carbocycles. The highest BCUT2D eigenvalue weighted by Crippen LogP contribution is 2.33. The molecule has 3 nitrogen and oxygen atoms in total. The molecule has 1 aromatic heterocycles. The van der Waals surface area contributed by atoms with Gasteiger partial charge in [0.2, 0.25) is 0 Å². The summed E-state index contributed by atoms with van der Waals surface area (Å²) < 4.78 is 1.91. The first-order valence-corrected chi connectivity index (χ1v) is 8.70. The van der Waals surface area contributed by atoms with Crippen LogP contribution in [0.4, 0.5) is 5.82 Å². The van der Waals surface area contributed by atoms with Gasteiger partial charge in [0.1, 0.15) is 5.82 Å². The number of aromatic nitrogens is 2. The summed E-state index contributed by atoms with van der Waals surface area (Å²) in [6, 6.07) is 5.75. The van der Waals surface area contributed by atoms with Crippen molar-refractivity contribution in [2.24, 2.45) is 0 Å². The van der Waals surface area contributed by atoms with Gasteiger partial charge in [-0.2, -0.15) is 0 Å². The van der Waals surface area contributed by atoms with Gasteiger partial charge in [-0.3, -0.25) is 0 Å². The van der Waals surface area contributed by atoms with E-state index in [-0.39, 0.29) is 5.41 Å². The van der Waals surface area contributed by atoms with Crippen molar-refractivity contribution in [3.8, 4) is 11.4 Å². The molecule has 0 spiro atoms. The lowest BCUT2D eigenvalue weighted by Crippen LogP contribution is -2.18. The van der Waals surface area contributed by atoms with Gasteiger partial charge >= 0.3 is 0 Å². The minimum Gasteiger partial charge on any atom is -0.372 e.